The fourth-order valence-electron chi connectivity index (χ4n) is 3.09. The van der Waals surface area contributed by atoms with Gasteiger partial charge in [-0.25, -0.2) is 4.98 Å². The fourth-order valence-corrected chi connectivity index (χ4v) is 3.09. The summed E-state index contributed by atoms with van der Waals surface area (Å²) in [5.74, 6) is -1.17. The first-order valence-corrected chi connectivity index (χ1v) is 8.89. The first-order chi connectivity index (χ1) is 12.2. The summed E-state index contributed by atoms with van der Waals surface area (Å²) in [6, 6.07) is 17.1. The van der Waals surface area contributed by atoms with E-state index in [0.29, 0.717) is 16.6 Å². The number of carboxylic acid groups (broad SMARTS) is 1. The van der Waals surface area contributed by atoms with Gasteiger partial charge in [-0.05, 0) is 30.5 Å². The maximum absolute atomic E-state index is 11.5. The summed E-state index contributed by atoms with van der Waals surface area (Å²) in [5, 5.41) is 12.1. The van der Waals surface area contributed by atoms with E-state index in [1.165, 1.54) is 31.2 Å². The summed E-state index contributed by atoms with van der Waals surface area (Å²) in [7, 11) is 0. The van der Waals surface area contributed by atoms with Crippen LogP contribution < -0.4 is 5.11 Å². The number of fused-ring (bicyclic) bond motifs is 1. The predicted octanol–water partition coefficient (Wildman–Crippen LogP) is 4.39. The Balaban J connectivity index is 1.87. The van der Waals surface area contributed by atoms with Crippen LogP contribution in [0.4, 0.5) is 0 Å². The second kappa shape index (κ2) is 7.93. The Kier molecular flexibility index (Phi) is 5.44. The van der Waals surface area contributed by atoms with Crippen LogP contribution in [0.2, 0.25) is 0 Å². The zero-order valence-electron chi connectivity index (χ0n) is 14.5. The van der Waals surface area contributed by atoms with Gasteiger partial charge in [-0.15, -0.1) is 0 Å². The van der Waals surface area contributed by atoms with E-state index in [4.69, 9.17) is 0 Å². The molecule has 2 aromatic carbocycles. The van der Waals surface area contributed by atoms with E-state index >= 15 is 0 Å². The zero-order valence-corrected chi connectivity index (χ0v) is 14.5. The second-order valence-corrected chi connectivity index (χ2v) is 6.37. The SMILES string of the molecule is CCCCCCc1ccc(-c2cc(C(=O)[O-])c3ccccc3n2)cc1. The molecule has 3 aromatic rings. The minimum atomic E-state index is -1.17. The van der Waals surface area contributed by atoms with E-state index in [1.807, 2.05) is 30.3 Å². The van der Waals surface area contributed by atoms with Crippen molar-refractivity contribution in [2.75, 3.05) is 0 Å². The number of para-hydroxylation sites is 1. The number of aromatic carboxylic acids is 1. The third-order valence-electron chi connectivity index (χ3n) is 4.50. The number of nitrogens with zero attached hydrogens (tertiary/aromatic N) is 1. The number of unbranched alkanes of at least 4 members (excludes halogenated alkanes) is 3. The molecule has 0 aliphatic rings. The highest BCUT2D eigenvalue weighted by Gasteiger charge is 2.08. The van der Waals surface area contributed by atoms with Crippen molar-refractivity contribution in [1.82, 2.24) is 4.98 Å². The van der Waals surface area contributed by atoms with Crippen LogP contribution in [0.25, 0.3) is 22.2 Å². The van der Waals surface area contributed by atoms with Gasteiger partial charge in [0.1, 0.15) is 0 Å². The van der Waals surface area contributed by atoms with Gasteiger partial charge in [-0.1, -0.05) is 68.7 Å². The second-order valence-electron chi connectivity index (χ2n) is 6.37. The van der Waals surface area contributed by atoms with Gasteiger partial charge in [0, 0.05) is 16.5 Å². The number of benzene rings is 2. The highest BCUT2D eigenvalue weighted by Crippen LogP contribution is 2.25. The van der Waals surface area contributed by atoms with Crippen LogP contribution in [0.15, 0.2) is 54.6 Å². The molecule has 0 fully saturated rings. The van der Waals surface area contributed by atoms with Crippen LogP contribution in [0.5, 0.6) is 0 Å². The number of aryl methyl sites for hydroxylation is 1. The number of hydrogen-bond acceptors (Lipinski definition) is 3. The molecule has 0 bridgehead atoms. The molecule has 0 radical (unpaired) electrons. The van der Waals surface area contributed by atoms with Crippen LogP contribution in [0, 0.1) is 0 Å². The lowest BCUT2D eigenvalue weighted by Crippen LogP contribution is -2.22. The van der Waals surface area contributed by atoms with Crippen molar-refractivity contribution in [2.45, 2.75) is 39.0 Å². The van der Waals surface area contributed by atoms with Crippen LogP contribution in [-0.2, 0) is 6.42 Å². The molecule has 3 rings (SSSR count). The van der Waals surface area contributed by atoms with Gasteiger partial charge in [0.25, 0.3) is 0 Å². The van der Waals surface area contributed by atoms with Crippen LogP contribution >= 0.6 is 0 Å². The maximum atomic E-state index is 11.5. The first kappa shape index (κ1) is 17.2. The smallest absolute Gasteiger partial charge is 0.0722 e. The molecule has 25 heavy (non-hydrogen) atoms. The molecule has 3 heteroatoms. The van der Waals surface area contributed by atoms with E-state index in [1.54, 1.807) is 12.1 Å². The average molecular weight is 332 g/mol. The quantitative estimate of drug-likeness (QED) is 0.603. The third kappa shape index (κ3) is 4.05. The minimum absolute atomic E-state index is 0.184. The molecule has 128 valence electrons. The van der Waals surface area contributed by atoms with Gasteiger partial charge in [-0.2, -0.15) is 0 Å². The van der Waals surface area contributed by atoms with E-state index < -0.39 is 5.97 Å². The van der Waals surface area contributed by atoms with Gasteiger partial charge < -0.3 is 9.90 Å². The van der Waals surface area contributed by atoms with Crippen molar-refractivity contribution in [3.63, 3.8) is 0 Å². The van der Waals surface area contributed by atoms with Crippen molar-refractivity contribution < 1.29 is 9.90 Å². The summed E-state index contributed by atoms with van der Waals surface area (Å²) in [6.07, 6.45) is 6.07. The zero-order chi connectivity index (χ0) is 17.6. The number of hydrogen-bond donors (Lipinski definition) is 0. The minimum Gasteiger partial charge on any atom is -0.545 e. The Hall–Kier alpha value is -2.68. The Morgan fingerprint density at radius 3 is 2.48 bits per heavy atom. The number of pyridine rings is 1. The van der Waals surface area contributed by atoms with E-state index in [2.05, 4.69) is 24.0 Å². The summed E-state index contributed by atoms with van der Waals surface area (Å²) in [4.78, 5) is 16.1. The van der Waals surface area contributed by atoms with Gasteiger partial charge in [0.05, 0.1) is 17.2 Å². The van der Waals surface area contributed by atoms with Gasteiger partial charge in [0.15, 0.2) is 0 Å². The van der Waals surface area contributed by atoms with Gasteiger partial charge >= 0.3 is 0 Å². The number of carboxylic acids is 1. The Morgan fingerprint density at radius 1 is 1.00 bits per heavy atom. The molecule has 0 atom stereocenters. The normalized spacial score (nSPS) is 10.9. The number of carbonyl (C=O) groups excluding carboxylic acids is 1. The summed E-state index contributed by atoms with van der Waals surface area (Å²) >= 11 is 0. The van der Waals surface area contributed by atoms with E-state index in [9.17, 15) is 9.90 Å². The lowest BCUT2D eigenvalue weighted by atomic mass is 10.0. The topological polar surface area (TPSA) is 53.0 Å². The Morgan fingerprint density at radius 2 is 1.76 bits per heavy atom. The summed E-state index contributed by atoms with van der Waals surface area (Å²) in [6.45, 7) is 2.21. The lowest BCUT2D eigenvalue weighted by molar-refractivity contribution is -0.254. The maximum Gasteiger partial charge on any atom is 0.0722 e. The molecular formula is C22H22NO2-. The molecule has 0 N–H and O–H groups in total. The molecule has 0 amide bonds. The Bertz CT molecular complexity index is 869. The van der Waals surface area contributed by atoms with Crippen molar-refractivity contribution in [2.24, 2.45) is 0 Å². The van der Waals surface area contributed by atoms with Crippen LogP contribution in [-0.4, -0.2) is 11.0 Å². The molecule has 1 aromatic heterocycles. The average Bonchev–Trinajstić information content (AvgIpc) is 2.64. The summed E-state index contributed by atoms with van der Waals surface area (Å²) < 4.78 is 0. The largest absolute Gasteiger partial charge is 0.545 e. The number of aromatic nitrogens is 1. The standard InChI is InChI=1S/C22H23NO2/c1-2-3-4-5-8-16-11-13-17(14-12-16)21-15-19(22(24)25)18-9-6-7-10-20(18)23-21/h6-7,9-15H,2-5,8H2,1H3,(H,24,25)/p-1. The van der Waals surface area contributed by atoms with Crippen LogP contribution in [0.1, 0.15) is 48.5 Å². The molecule has 1 heterocycles. The predicted molar refractivity (Wildman–Crippen MR) is 99.4 cm³/mol. The monoisotopic (exact) mass is 332 g/mol. The molecule has 3 nitrogen and oxygen atoms in total. The molecule has 0 aliphatic heterocycles. The van der Waals surface area contributed by atoms with Crippen molar-refractivity contribution in [3.05, 3.63) is 65.7 Å². The van der Waals surface area contributed by atoms with Gasteiger partial charge in [0.2, 0.25) is 0 Å². The summed E-state index contributed by atoms with van der Waals surface area (Å²) in [5.41, 5.74) is 3.74. The molecule has 0 spiro atoms. The lowest BCUT2D eigenvalue weighted by Gasteiger charge is -2.11. The third-order valence-corrected chi connectivity index (χ3v) is 4.50. The fraction of sp³-hybridized carbons (Fsp3) is 0.273. The van der Waals surface area contributed by atoms with Gasteiger partial charge in [-0.3, -0.25) is 0 Å². The molecule has 0 aliphatic carbocycles. The van der Waals surface area contributed by atoms with E-state index in [-0.39, 0.29) is 5.56 Å². The highest BCUT2D eigenvalue weighted by atomic mass is 16.4. The first-order valence-electron chi connectivity index (χ1n) is 8.89. The number of carbonyl (C=O) groups is 1. The highest BCUT2D eigenvalue weighted by molar-refractivity contribution is 6.02. The Labute approximate surface area is 148 Å². The molecular weight excluding hydrogens is 310 g/mol. The molecule has 0 saturated carbocycles. The number of rotatable bonds is 7. The van der Waals surface area contributed by atoms with Crippen molar-refractivity contribution in [1.29, 1.82) is 0 Å². The van der Waals surface area contributed by atoms with Crippen molar-refractivity contribution in [3.8, 4) is 11.3 Å². The molecule has 0 saturated heterocycles. The molecule has 0 unspecified atom stereocenters. The van der Waals surface area contributed by atoms with Crippen LogP contribution in [0.3, 0.4) is 0 Å². The van der Waals surface area contributed by atoms with Crippen molar-refractivity contribution >= 4 is 16.9 Å². The van der Waals surface area contributed by atoms with E-state index in [0.717, 1.165) is 12.0 Å².